The van der Waals surface area contributed by atoms with Crippen molar-refractivity contribution in [1.82, 2.24) is 0 Å². The first-order chi connectivity index (χ1) is 9.48. The lowest BCUT2D eigenvalue weighted by molar-refractivity contribution is -0.131. The Hall–Kier alpha value is -1.92. The van der Waals surface area contributed by atoms with Crippen molar-refractivity contribution in [2.45, 2.75) is 32.3 Å². The number of Topliss-reactive ketones (excluding diaryl/α,β-unsaturated/α-hetero) is 1. The van der Waals surface area contributed by atoms with Crippen LogP contribution in [0, 0.1) is 16.7 Å². The third kappa shape index (κ3) is 1.80. The molecule has 0 saturated heterocycles. The number of hydrogen-bond donors (Lipinski definition) is 0. The molecule has 3 nitrogen and oxygen atoms in total. The number of allylic oxidation sites excluding steroid dienone is 1. The van der Waals surface area contributed by atoms with Crippen LogP contribution in [0.15, 0.2) is 35.9 Å². The molecule has 2 aliphatic rings. The van der Waals surface area contributed by atoms with Gasteiger partial charge in [-0.3, -0.25) is 4.79 Å². The van der Waals surface area contributed by atoms with Gasteiger partial charge in [0.15, 0.2) is 5.78 Å². The minimum absolute atomic E-state index is 0.0859. The molecule has 1 atom stereocenters. The third-order valence-corrected chi connectivity index (χ3v) is 4.27. The molecule has 1 aromatic carbocycles. The Morgan fingerprint density at radius 1 is 1.30 bits per heavy atom. The van der Waals surface area contributed by atoms with Gasteiger partial charge in [-0.2, -0.15) is 5.26 Å². The molecule has 0 fully saturated rings. The molecule has 0 radical (unpaired) electrons. The van der Waals surface area contributed by atoms with Gasteiger partial charge in [-0.05, 0) is 30.0 Å². The fourth-order valence-corrected chi connectivity index (χ4v) is 3.37. The monoisotopic (exact) mass is 267 g/mol. The molecule has 102 valence electrons. The van der Waals surface area contributed by atoms with Gasteiger partial charge in [0.25, 0.3) is 0 Å². The van der Waals surface area contributed by atoms with Crippen LogP contribution in [-0.4, -0.2) is 12.4 Å². The van der Waals surface area contributed by atoms with Crippen LogP contribution in [0.2, 0.25) is 0 Å². The van der Waals surface area contributed by atoms with Crippen LogP contribution in [0.1, 0.15) is 31.4 Å². The first-order valence-corrected chi connectivity index (χ1v) is 6.89. The lowest BCUT2D eigenvalue weighted by Crippen LogP contribution is -2.45. The highest BCUT2D eigenvalue weighted by molar-refractivity contribution is 6.04. The second kappa shape index (κ2) is 4.29. The molecule has 3 rings (SSSR count). The molecule has 20 heavy (non-hydrogen) atoms. The van der Waals surface area contributed by atoms with E-state index in [4.69, 9.17) is 4.74 Å². The molecule has 1 aliphatic heterocycles. The van der Waals surface area contributed by atoms with Crippen molar-refractivity contribution >= 4 is 5.78 Å². The largest absolute Gasteiger partial charge is 0.366 e. The van der Waals surface area contributed by atoms with E-state index in [1.807, 2.05) is 38.1 Å². The maximum absolute atomic E-state index is 12.3. The summed E-state index contributed by atoms with van der Waals surface area (Å²) in [5.74, 6) is -0.0859. The predicted octanol–water partition coefficient (Wildman–Crippen LogP) is 2.90. The molecular formula is C17H17NO2. The Kier molecular flexibility index (Phi) is 2.81. The molecule has 1 unspecified atom stereocenters. The summed E-state index contributed by atoms with van der Waals surface area (Å²) < 4.78 is 6.07. The van der Waals surface area contributed by atoms with Gasteiger partial charge in [0, 0.05) is 5.41 Å². The van der Waals surface area contributed by atoms with E-state index in [1.54, 1.807) is 6.08 Å². The van der Waals surface area contributed by atoms with Crippen LogP contribution < -0.4 is 0 Å². The van der Waals surface area contributed by atoms with Gasteiger partial charge in [-0.25, -0.2) is 0 Å². The van der Waals surface area contributed by atoms with Crippen molar-refractivity contribution in [3.63, 3.8) is 0 Å². The Labute approximate surface area is 118 Å². The molecular weight excluding hydrogens is 250 g/mol. The van der Waals surface area contributed by atoms with Crippen LogP contribution in [0.5, 0.6) is 0 Å². The Balaban J connectivity index is 2.22. The van der Waals surface area contributed by atoms with E-state index in [0.29, 0.717) is 13.0 Å². The first kappa shape index (κ1) is 13.1. The zero-order chi connectivity index (χ0) is 14.4. The molecule has 0 bridgehead atoms. The number of ketones is 1. The Morgan fingerprint density at radius 2 is 2.05 bits per heavy atom. The predicted molar refractivity (Wildman–Crippen MR) is 74.9 cm³/mol. The minimum Gasteiger partial charge on any atom is -0.366 e. The van der Waals surface area contributed by atoms with Gasteiger partial charge >= 0.3 is 0 Å². The van der Waals surface area contributed by atoms with Gasteiger partial charge in [-0.15, -0.1) is 0 Å². The van der Waals surface area contributed by atoms with E-state index in [-0.39, 0.29) is 11.4 Å². The fourth-order valence-electron chi connectivity index (χ4n) is 3.37. The summed E-state index contributed by atoms with van der Waals surface area (Å²) in [6, 6.07) is 10.2. The third-order valence-electron chi connectivity index (χ3n) is 4.27. The lowest BCUT2D eigenvalue weighted by Gasteiger charge is -2.44. The summed E-state index contributed by atoms with van der Waals surface area (Å²) in [4.78, 5) is 12.3. The van der Waals surface area contributed by atoms with Gasteiger partial charge in [0.05, 0.1) is 12.2 Å². The van der Waals surface area contributed by atoms with E-state index in [9.17, 15) is 10.1 Å². The normalized spacial score (nSPS) is 27.6. The summed E-state index contributed by atoms with van der Waals surface area (Å²) in [5, 5.41) is 9.26. The van der Waals surface area contributed by atoms with Crippen molar-refractivity contribution < 1.29 is 9.53 Å². The number of nitriles is 1. The molecule has 3 heteroatoms. The number of carbonyl (C=O) groups is 1. The number of ether oxygens (including phenoxy) is 1. The average Bonchev–Trinajstić information content (AvgIpc) is 2.43. The van der Waals surface area contributed by atoms with Crippen molar-refractivity contribution in [3.8, 4) is 6.07 Å². The molecule has 0 aromatic heterocycles. The number of carbonyl (C=O) groups excluding carboxylic acids is 1. The summed E-state index contributed by atoms with van der Waals surface area (Å²) in [5.41, 5.74) is 1.36. The molecule has 0 saturated carbocycles. The smallest absolute Gasteiger partial charge is 0.178 e. The Morgan fingerprint density at radius 3 is 2.80 bits per heavy atom. The second-order valence-corrected chi connectivity index (χ2v) is 6.20. The van der Waals surface area contributed by atoms with E-state index >= 15 is 0 Å². The highest BCUT2D eigenvalue weighted by Crippen LogP contribution is 2.47. The van der Waals surface area contributed by atoms with Crippen LogP contribution >= 0.6 is 0 Å². The van der Waals surface area contributed by atoms with Crippen LogP contribution in [0.3, 0.4) is 0 Å². The topological polar surface area (TPSA) is 50.1 Å². The molecule has 1 aromatic rings. The molecule has 1 spiro atoms. The summed E-state index contributed by atoms with van der Waals surface area (Å²) >= 11 is 0. The van der Waals surface area contributed by atoms with E-state index in [2.05, 4.69) is 6.07 Å². The van der Waals surface area contributed by atoms with Gasteiger partial charge in [0.1, 0.15) is 11.7 Å². The number of benzene rings is 1. The van der Waals surface area contributed by atoms with E-state index < -0.39 is 11.0 Å². The van der Waals surface area contributed by atoms with E-state index in [0.717, 1.165) is 12.0 Å². The average molecular weight is 267 g/mol. The van der Waals surface area contributed by atoms with Gasteiger partial charge in [-0.1, -0.05) is 38.1 Å². The summed E-state index contributed by atoms with van der Waals surface area (Å²) in [6.07, 6.45) is 3.20. The maximum Gasteiger partial charge on any atom is 0.178 e. The summed E-state index contributed by atoms with van der Waals surface area (Å²) in [7, 11) is 0. The van der Waals surface area contributed by atoms with Crippen LogP contribution in [0.25, 0.3) is 0 Å². The van der Waals surface area contributed by atoms with Crippen LogP contribution in [0.4, 0.5) is 0 Å². The number of fused-ring (bicyclic) bond motifs is 2. The molecule has 0 N–H and O–H groups in total. The maximum atomic E-state index is 12.3. The molecule has 0 amide bonds. The Bertz CT molecular complexity index is 651. The lowest BCUT2D eigenvalue weighted by atomic mass is 9.66. The van der Waals surface area contributed by atoms with Crippen molar-refractivity contribution in [2.75, 3.05) is 6.61 Å². The number of nitrogens with zero attached hydrogens (tertiary/aromatic N) is 1. The molecule has 1 heterocycles. The SMILES string of the molecule is CC1(C)CC2(C=C(C#N)C1=O)OCCc1ccccc12. The van der Waals surface area contributed by atoms with Gasteiger partial charge in [0.2, 0.25) is 0 Å². The highest BCUT2D eigenvalue weighted by Gasteiger charge is 2.48. The van der Waals surface area contributed by atoms with Gasteiger partial charge < -0.3 is 4.74 Å². The highest BCUT2D eigenvalue weighted by atomic mass is 16.5. The second-order valence-electron chi connectivity index (χ2n) is 6.20. The standard InChI is InChI=1S/C17H17NO2/c1-16(2)11-17(9-13(10-18)15(16)19)14-6-4-3-5-12(14)7-8-20-17/h3-6,9H,7-8,11H2,1-2H3. The zero-order valence-electron chi connectivity index (χ0n) is 11.8. The van der Waals surface area contributed by atoms with Crippen molar-refractivity contribution in [2.24, 2.45) is 5.41 Å². The number of hydrogen-bond acceptors (Lipinski definition) is 3. The quantitative estimate of drug-likeness (QED) is 0.726. The fraction of sp³-hybridized carbons (Fsp3) is 0.412. The van der Waals surface area contributed by atoms with Crippen molar-refractivity contribution in [1.29, 1.82) is 5.26 Å². The zero-order valence-corrected chi connectivity index (χ0v) is 11.8. The number of rotatable bonds is 0. The summed E-state index contributed by atoms with van der Waals surface area (Å²) in [6.45, 7) is 4.40. The van der Waals surface area contributed by atoms with Crippen LogP contribution in [-0.2, 0) is 21.6 Å². The van der Waals surface area contributed by atoms with Crippen molar-refractivity contribution in [3.05, 3.63) is 47.0 Å². The van der Waals surface area contributed by atoms with E-state index in [1.165, 1.54) is 5.56 Å². The first-order valence-electron chi connectivity index (χ1n) is 6.89. The molecule has 1 aliphatic carbocycles. The minimum atomic E-state index is -0.628.